The summed E-state index contributed by atoms with van der Waals surface area (Å²) < 4.78 is 8.10. The van der Waals surface area contributed by atoms with Gasteiger partial charge in [0.1, 0.15) is 0 Å². The maximum absolute atomic E-state index is 12.7. The molecule has 0 atom stereocenters. The molecule has 1 aromatic carbocycles. The van der Waals surface area contributed by atoms with Crippen molar-refractivity contribution >= 4 is 21.8 Å². The van der Waals surface area contributed by atoms with Gasteiger partial charge in [0.05, 0.1) is 12.2 Å². The average Bonchev–Trinajstić information content (AvgIpc) is 3.25. The molecule has 0 bridgehead atoms. The van der Waals surface area contributed by atoms with E-state index in [2.05, 4.69) is 36.4 Å². The molecule has 0 N–H and O–H groups in total. The Kier molecular flexibility index (Phi) is 4.46. The van der Waals surface area contributed by atoms with Crippen LogP contribution in [-0.2, 0) is 0 Å². The van der Waals surface area contributed by atoms with Gasteiger partial charge in [0, 0.05) is 29.0 Å². The Morgan fingerprint density at radius 3 is 2.75 bits per heavy atom. The van der Waals surface area contributed by atoms with Crippen molar-refractivity contribution in [3.63, 3.8) is 0 Å². The number of amides is 1. The molecule has 5 rings (SSSR count). The fourth-order valence-electron chi connectivity index (χ4n) is 3.54. The van der Waals surface area contributed by atoms with Crippen LogP contribution in [-0.4, -0.2) is 49.0 Å². The van der Waals surface area contributed by atoms with E-state index in [1.54, 1.807) is 0 Å². The Balaban J connectivity index is 1.23. The number of benzene rings is 1. The average molecular weight is 443 g/mol. The number of hydrogen-bond donors (Lipinski definition) is 0. The normalized spacial score (nSPS) is 17.8. The van der Waals surface area contributed by atoms with Crippen molar-refractivity contribution in [3.8, 4) is 11.6 Å². The number of carbonyl (C=O) groups is 1. The van der Waals surface area contributed by atoms with E-state index in [1.807, 2.05) is 40.0 Å². The van der Waals surface area contributed by atoms with Crippen LogP contribution in [0.25, 0.3) is 11.6 Å². The van der Waals surface area contributed by atoms with Crippen LogP contribution in [0.5, 0.6) is 0 Å². The Labute approximate surface area is 170 Å². The number of hydrogen-bond acceptors (Lipinski definition) is 6. The molecule has 1 amide bonds. The first-order chi connectivity index (χ1) is 13.7. The van der Waals surface area contributed by atoms with Gasteiger partial charge in [-0.15, -0.1) is 5.10 Å². The van der Waals surface area contributed by atoms with Gasteiger partial charge in [-0.25, -0.2) is 4.68 Å². The standard InChI is InChI=1S/C19H19BrN6O2/c20-14-3-1-2-13(10-14)19(27)25-8-6-15(7-9-25)26-11-16(22-24-26)18-21-17(23-28-18)12-4-5-12/h1-3,10-12,15H,4-9H2. The van der Waals surface area contributed by atoms with E-state index in [9.17, 15) is 4.79 Å². The van der Waals surface area contributed by atoms with Crippen LogP contribution in [0.1, 0.15) is 53.8 Å². The quantitative estimate of drug-likeness (QED) is 0.614. The number of carbonyl (C=O) groups excluding carboxylic acids is 1. The number of likely N-dealkylation sites (tertiary alicyclic amines) is 1. The first-order valence-electron chi connectivity index (χ1n) is 9.48. The predicted molar refractivity (Wildman–Crippen MR) is 104 cm³/mol. The molecule has 2 aromatic heterocycles. The lowest BCUT2D eigenvalue weighted by Gasteiger charge is -2.31. The molecule has 0 spiro atoms. The topological polar surface area (TPSA) is 89.9 Å². The van der Waals surface area contributed by atoms with E-state index in [0.717, 1.165) is 36.0 Å². The van der Waals surface area contributed by atoms with E-state index >= 15 is 0 Å². The van der Waals surface area contributed by atoms with Gasteiger partial charge in [0.15, 0.2) is 11.5 Å². The molecule has 0 unspecified atom stereocenters. The summed E-state index contributed by atoms with van der Waals surface area (Å²) >= 11 is 3.42. The van der Waals surface area contributed by atoms with Crippen molar-refractivity contribution in [3.05, 3.63) is 46.3 Å². The second-order valence-corrected chi connectivity index (χ2v) is 8.27. The minimum atomic E-state index is 0.0671. The molecule has 3 aromatic rings. The molecular formula is C19H19BrN6O2. The predicted octanol–water partition coefficient (Wildman–Crippen LogP) is 3.45. The van der Waals surface area contributed by atoms with Gasteiger partial charge in [-0.2, -0.15) is 4.98 Å². The summed E-state index contributed by atoms with van der Waals surface area (Å²) in [6.45, 7) is 1.38. The number of halogens is 1. The maximum atomic E-state index is 12.7. The zero-order valence-electron chi connectivity index (χ0n) is 15.2. The first kappa shape index (κ1) is 17.5. The van der Waals surface area contributed by atoms with Gasteiger partial charge < -0.3 is 9.42 Å². The molecular weight excluding hydrogens is 424 g/mol. The van der Waals surface area contributed by atoms with E-state index in [-0.39, 0.29) is 11.9 Å². The fourth-order valence-corrected chi connectivity index (χ4v) is 3.94. The van der Waals surface area contributed by atoms with Crippen LogP contribution in [0.15, 0.2) is 39.5 Å². The minimum Gasteiger partial charge on any atom is -0.338 e. The molecule has 1 saturated carbocycles. The Hall–Kier alpha value is -2.55. The van der Waals surface area contributed by atoms with Crippen molar-refractivity contribution in [1.29, 1.82) is 0 Å². The van der Waals surface area contributed by atoms with Crippen LogP contribution in [0.4, 0.5) is 0 Å². The third-order valence-electron chi connectivity index (χ3n) is 5.31. The monoisotopic (exact) mass is 442 g/mol. The smallest absolute Gasteiger partial charge is 0.280 e. The summed E-state index contributed by atoms with van der Waals surface area (Å²) in [5.74, 6) is 1.71. The summed E-state index contributed by atoms with van der Waals surface area (Å²) in [4.78, 5) is 19.0. The summed E-state index contributed by atoms with van der Waals surface area (Å²) in [5, 5.41) is 12.5. The van der Waals surface area contributed by atoms with Crippen molar-refractivity contribution in [2.45, 2.75) is 37.6 Å². The SMILES string of the molecule is O=C(c1cccc(Br)c1)N1CCC(n2cc(-c3nc(C4CC4)no3)nn2)CC1. The van der Waals surface area contributed by atoms with Crippen LogP contribution < -0.4 is 0 Å². The van der Waals surface area contributed by atoms with E-state index in [4.69, 9.17) is 4.52 Å². The molecule has 1 aliphatic carbocycles. The summed E-state index contributed by atoms with van der Waals surface area (Å²) in [5.41, 5.74) is 1.31. The molecule has 2 aliphatic rings. The lowest BCUT2D eigenvalue weighted by Crippen LogP contribution is -2.39. The van der Waals surface area contributed by atoms with Crippen molar-refractivity contribution in [2.75, 3.05) is 13.1 Å². The van der Waals surface area contributed by atoms with Crippen LogP contribution in [0.3, 0.4) is 0 Å². The molecule has 0 radical (unpaired) electrons. The minimum absolute atomic E-state index is 0.0671. The second kappa shape index (κ2) is 7.12. The molecule has 144 valence electrons. The molecule has 1 aliphatic heterocycles. The first-order valence-corrected chi connectivity index (χ1v) is 10.3. The highest BCUT2D eigenvalue weighted by atomic mass is 79.9. The number of piperidine rings is 1. The van der Waals surface area contributed by atoms with Crippen LogP contribution in [0.2, 0.25) is 0 Å². The Morgan fingerprint density at radius 2 is 2.00 bits per heavy atom. The van der Waals surface area contributed by atoms with Gasteiger partial charge in [-0.05, 0) is 43.9 Å². The zero-order chi connectivity index (χ0) is 19.1. The number of aromatic nitrogens is 5. The number of rotatable bonds is 4. The number of nitrogens with zero attached hydrogens (tertiary/aromatic N) is 6. The Morgan fingerprint density at radius 1 is 1.18 bits per heavy atom. The van der Waals surface area contributed by atoms with Crippen molar-refractivity contribution < 1.29 is 9.32 Å². The van der Waals surface area contributed by atoms with Gasteiger partial charge >= 0.3 is 0 Å². The lowest BCUT2D eigenvalue weighted by molar-refractivity contribution is 0.0689. The highest BCUT2D eigenvalue weighted by Gasteiger charge is 2.30. The largest absolute Gasteiger partial charge is 0.338 e. The highest BCUT2D eigenvalue weighted by molar-refractivity contribution is 9.10. The zero-order valence-corrected chi connectivity index (χ0v) is 16.7. The van der Waals surface area contributed by atoms with Crippen LogP contribution in [0, 0.1) is 0 Å². The van der Waals surface area contributed by atoms with Crippen LogP contribution >= 0.6 is 15.9 Å². The molecule has 9 heteroatoms. The third kappa shape index (κ3) is 3.46. The molecule has 28 heavy (non-hydrogen) atoms. The van der Waals surface area contributed by atoms with Crippen molar-refractivity contribution in [2.24, 2.45) is 0 Å². The molecule has 3 heterocycles. The third-order valence-corrected chi connectivity index (χ3v) is 5.80. The summed E-state index contributed by atoms with van der Waals surface area (Å²) in [7, 11) is 0. The lowest BCUT2D eigenvalue weighted by atomic mass is 10.0. The fraction of sp³-hybridized carbons (Fsp3) is 0.421. The second-order valence-electron chi connectivity index (χ2n) is 7.35. The van der Waals surface area contributed by atoms with Gasteiger partial charge in [-0.3, -0.25) is 4.79 Å². The van der Waals surface area contributed by atoms with Gasteiger partial charge in [-0.1, -0.05) is 32.4 Å². The molecule has 8 nitrogen and oxygen atoms in total. The highest BCUT2D eigenvalue weighted by Crippen LogP contribution is 2.38. The van der Waals surface area contributed by atoms with E-state index in [0.29, 0.717) is 36.2 Å². The van der Waals surface area contributed by atoms with Gasteiger partial charge in [0.2, 0.25) is 0 Å². The Bertz CT molecular complexity index is 1000. The molecule has 2 fully saturated rings. The summed E-state index contributed by atoms with van der Waals surface area (Å²) in [6.07, 6.45) is 5.78. The molecule has 1 saturated heterocycles. The van der Waals surface area contributed by atoms with Gasteiger partial charge in [0.25, 0.3) is 11.8 Å². The van der Waals surface area contributed by atoms with Crippen molar-refractivity contribution in [1.82, 2.24) is 30.0 Å². The van der Waals surface area contributed by atoms with E-state index in [1.165, 1.54) is 0 Å². The van der Waals surface area contributed by atoms with E-state index < -0.39 is 0 Å². The maximum Gasteiger partial charge on any atom is 0.280 e. The summed E-state index contributed by atoms with van der Waals surface area (Å²) in [6, 6.07) is 7.72.